The smallest absolute Gasteiger partial charge is 0.379 e. The van der Waals surface area contributed by atoms with Crippen molar-refractivity contribution >= 4 is 43.1 Å². The Morgan fingerprint density at radius 3 is 2.45 bits per heavy atom. The number of ether oxygens (including phenoxy) is 3. The van der Waals surface area contributed by atoms with E-state index < -0.39 is 26.0 Å². The molecule has 0 spiro atoms. The first-order valence-corrected chi connectivity index (χ1v) is 15.6. The van der Waals surface area contributed by atoms with Crippen molar-refractivity contribution in [2.24, 2.45) is 0 Å². The summed E-state index contributed by atoms with van der Waals surface area (Å²) in [6.07, 6.45) is 1.90. The summed E-state index contributed by atoms with van der Waals surface area (Å²) in [6, 6.07) is 10.4. The van der Waals surface area contributed by atoms with Crippen LogP contribution in [0.25, 0.3) is 17.2 Å². The van der Waals surface area contributed by atoms with Crippen LogP contribution in [0.1, 0.15) is 25.7 Å². The number of rotatable bonds is 14. The number of hydrogen-bond donors (Lipinski definition) is 1. The van der Waals surface area contributed by atoms with E-state index in [1.54, 1.807) is 58.9 Å². The monoisotopic (exact) mass is 597 g/mol. The molecule has 2 heterocycles. The van der Waals surface area contributed by atoms with Crippen molar-refractivity contribution in [3.8, 4) is 17.2 Å². The lowest BCUT2D eigenvalue weighted by molar-refractivity contribution is -0.677. The molecule has 1 aliphatic heterocycles. The molecule has 3 aromatic rings. The quantitative estimate of drug-likeness (QED) is 0.164. The summed E-state index contributed by atoms with van der Waals surface area (Å²) < 4.78 is 87.4. The fourth-order valence-electron chi connectivity index (χ4n) is 4.19. The largest absolute Gasteiger partial charge is 0.748 e. The predicted octanol–water partition coefficient (Wildman–Crippen LogP) is 2.13. The van der Waals surface area contributed by atoms with Crippen LogP contribution in [0, 0.1) is 0 Å². The molecule has 1 aromatic heterocycles. The topological polar surface area (TPSA) is 161 Å². The lowest BCUT2D eigenvalue weighted by Crippen LogP contribution is -2.36. The molecule has 0 aliphatic carbocycles. The molecule has 2 aromatic carbocycles. The number of nitrogens with zero attached hydrogens (tertiary/aromatic N) is 2. The Morgan fingerprint density at radius 1 is 1.02 bits per heavy atom. The number of aryl methyl sites for hydroxylation is 1. The number of oxazole rings is 1. The first-order chi connectivity index (χ1) is 19.0. The second kappa shape index (κ2) is 12.4. The van der Waals surface area contributed by atoms with Gasteiger partial charge in [-0.25, -0.2) is 8.42 Å². The van der Waals surface area contributed by atoms with Gasteiger partial charge in [0.15, 0.2) is 12.3 Å². The maximum Gasteiger partial charge on any atom is 0.379 e. The molecular formula is C25H31N3O10S2. The van der Waals surface area contributed by atoms with Gasteiger partial charge in [-0.3, -0.25) is 0 Å². The first kappa shape index (κ1) is 29.6. The summed E-state index contributed by atoms with van der Waals surface area (Å²) in [7, 11) is -5.12. The molecule has 15 heteroatoms. The highest BCUT2D eigenvalue weighted by molar-refractivity contribution is 7.86. The number of anilines is 1. The predicted molar refractivity (Wildman–Crippen MR) is 144 cm³/mol. The van der Waals surface area contributed by atoms with E-state index in [4.69, 9.17) is 22.9 Å². The molecule has 0 radical (unpaired) electrons. The minimum Gasteiger partial charge on any atom is -0.748 e. The van der Waals surface area contributed by atoms with Crippen molar-refractivity contribution in [2.75, 3.05) is 43.7 Å². The number of benzene rings is 2. The maximum absolute atomic E-state index is 12.2. The minimum atomic E-state index is -4.40. The van der Waals surface area contributed by atoms with Crippen LogP contribution in [-0.4, -0.2) is 60.2 Å². The van der Waals surface area contributed by atoms with Crippen molar-refractivity contribution in [1.29, 1.82) is 0 Å². The molecule has 0 unspecified atom stereocenters. The van der Waals surface area contributed by atoms with E-state index >= 15 is 0 Å². The van der Waals surface area contributed by atoms with E-state index in [2.05, 4.69) is 5.48 Å². The van der Waals surface area contributed by atoms with Crippen molar-refractivity contribution in [1.82, 2.24) is 5.48 Å². The third-order valence-electron chi connectivity index (χ3n) is 6.00. The number of methoxy groups -OCH3 is 2. The normalized spacial score (nSPS) is 14.5. The molecule has 0 bridgehead atoms. The highest BCUT2D eigenvalue weighted by Gasteiger charge is 2.31. The Kier molecular flexibility index (Phi) is 9.20. The zero-order chi connectivity index (χ0) is 28.9. The van der Waals surface area contributed by atoms with Gasteiger partial charge in [0, 0.05) is 31.3 Å². The molecule has 0 fully saturated rings. The molecule has 40 heavy (non-hydrogen) atoms. The fourth-order valence-corrected chi connectivity index (χ4v) is 5.53. The number of hydrogen-bond acceptors (Lipinski definition) is 12. The Labute approximate surface area is 232 Å². The molecule has 13 nitrogen and oxygen atoms in total. The summed E-state index contributed by atoms with van der Waals surface area (Å²) in [6.45, 7) is 2.48. The summed E-state index contributed by atoms with van der Waals surface area (Å²) in [5.74, 6) is 1.58. The molecule has 0 amide bonds. The van der Waals surface area contributed by atoms with E-state index in [-0.39, 0.29) is 31.7 Å². The summed E-state index contributed by atoms with van der Waals surface area (Å²) >= 11 is 0. The van der Waals surface area contributed by atoms with Crippen LogP contribution >= 0.6 is 0 Å². The standard InChI is InChI=1S/C25H31N3O10S2/c1-4-26-38-40(32,33)14-6-12-28-21-16-19(35-3)8-10-23(21)37-25(28)17-24-27(11-5-13-39(29,30)31)20-15-18(34-2)7-9-22(20)36-24/h7-10,15-17,26H,4-6,11-14H2,1-3H3. The van der Waals surface area contributed by atoms with Crippen molar-refractivity contribution in [2.45, 2.75) is 26.3 Å². The first-order valence-electron chi connectivity index (χ1n) is 12.5. The van der Waals surface area contributed by atoms with Gasteiger partial charge in [0.2, 0.25) is 11.5 Å². The number of aromatic nitrogens is 1. The van der Waals surface area contributed by atoms with Crippen molar-refractivity contribution in [3.05, 3.63) is 48.2 Å². The zero-order valence-corrected chi connectivity index (χ0v) is 23.9. The Hall–Kier alpha value is -3.37. The van der Waals surface area contributed by atoms with Crippen LogP contribution in [0.5, 0.6) is 17.2 Å². The van der Waals surface area contributed by atoms with Gasteiger partial charge < -0.3 is 28.1 Å². The van der Waals surface area contributed by atoms with Crippen LogP contribution in [0.2, 0.25) is 0 Å². The van der Waals surface area contributed by atoms with Gasteiger partial charge >= 0.3 is 5.89 Å². The van der Waals surface area contributed by atoms with E-state index in [0.29, 0.717) is 52.4 Å². The summed E-state index contributed by atoms with van der Waals surface area (Å²) in [5, 5.41) is 0. The van der Waals surface area contributed by atoms with E-state index in [1.807, 2.05) is 0 Å². The van der Waals surface area contributed by atoms with Crippen LogP contribution in [0.15, 0.2) is 46.7 Å². The van der Waals surface area contributed by atoms with Gasteiger partial charge in [0.1, 0.15) is 17.6 Å². The molecule has 1 aliphatic rings. The molecule has 0 atom stereocenters. The summed E-state index contributed by atoms with van der Waals surface area (Å²) in [4.78, 5) is 1.79. The maximum atomic E-state index is 12.2. The SMILES string of the molecule is CCNOS(=O)(=O)CCCN1C(=Cc2oc3ccc(OC)cc3[n+]2CCCS(=O)(=O)[O-])Oc2ccc(OC)cc21. The lowest BCUT2D eigenvalue weighted by Gasteiger charge is -2.18. The second-order valence-electron chi connectivity index (χ2n) is 8.81. The zero-order valence-electron chi connectivity index (χ0n) is 22.3. The van der Waals surface area contributed by atoms with Gasteiger partial charge in [-0.1, -0.05) is 6.92 Å². The van der Waals surface area contributed by atoms with E-state index in [9.17, 15) is 21.4 Å². The minimum absolute atomic E-state index is 0.0597. The van der Waals surface area contributed by atoms with E-state index in [0.717, 1.165) is 0 Å². The number of fused-ring (bicyclic) bond motifs is 2. The van der Waals surface area contributed by atoms with Crippen LogP contribution < -0.4 is 29.2 Å². The Morgan fingerprint density at radius 2 is 1.75 bits per heavy atom. The van der Waals surface area contributed by atoms with Gasteiger partial charge in [-0.2, -0.15) is 22.7 Å². The molecule has 0 saturated carbocycles. The molecular weight excluding hydrogens is 566 g/mol. The number of nitrogens with one attached hydrogen (secondary N) is 1. The van der Waals surface area contributed by atoms with Gasteiger partial charge in [0.05, 0.1) is 41.8 Å². The van der Waals surface area contributed by atoms with Gasteiger partial charge in [-0.15, -0.1) is 0 Å². The third kappa shape index (κ3) is 7.22. The van der Waals surface area contributed by atoms with Crippen molar-refractivity contribution < 1.29 is 48.9 Å². The molecule has 4 rings (SSSR count). The third-order valence-corrected chi connectivity index (χ3v) is 7.95. The average Bonchev–Trinajstić information content (AvgIpc) is 3.43. The highest BCUT2D eigenvalue weighted by Crippen LogP contribution is 2.42. The van der Waals surface area contributed by atoms with Crippen LogP contribution in [0.3, 0.4) is 0 Å². The highest BCUT2D eigenvalue weighted by atomic mass is 32.2. The van der Waals surface area contributed by atoms with Crippen LogP contribution in [0.4, 0.5) is 5.69 Å². The summed E-state index contributed by atoms with van der Waals surface area (Å²) in [5.41, 5.74) is 4.16. The fraction of sp³-hybridized carbons (Fsp3) is 0.400. The van der Waals surface area contributed by atoms with Crippen LogP contribution in [-0.2, 0) is 31.1 Å². The molecule has 218 valence electrons. The Bertz CT molecular complexity index is 1600. The second-order valence-corrected chi connectivity index (χ2v) is 12.0. The molecule has 0 saturated heterocycles. The average molecular weight is 598 g/mol. The van der Waals surface area contributed by atoms with Gasteiger partial charge in [0.25, 0.3) is 15.6 Å². The van der Waals surface area contributed by atoms with E-state index in [1.165, 1.54) is 14.2 Å². The number of hydroxylamine groups is 1. The Balaban J connectivity index is 1.70. The van der Waals surface area contributed by atoms with Gasteiger partial charge in [-0.05, 0) is 30.7 Å². The lowest BCUT2D eigenvalue weighted by atomic mass is 10.2. The molecule has 1 N–H and O–H groups in total. The van der Waals surface area contributed by atoms with Crippen molar-refractivity contribution in [3.63, 3.8) is 0 Å².